The van der Waals surface area contributed by atoms with Gasteiger partial charge in [-0.2, -0.15) is 0 Å². The molecule has 0 aromatic carbocycles. The van der Waals surface area contributed by atoms with Crippen molar-refractivity contribution in [2.24, 2.45) is 5.41 Å². The van der Waals surface area contributed by atoms with Crippen LogP contribution in [0.5, 0.6) is 0 Å². The van der Waals surface area contributed by atoms with Crippen LogP contribution in [0.15, 0.2) is 0 Å². The van der Waals surface area contributed by atoms with Crippen LogP contribution < -0.4 is 0 Å². The van der Waals surface area contributed by atoms with E-state index in [4.69, 9.17) is 4.74 Å². The molecule has 0 aliphatic heterocycles. The topological polar surface area (TPSA) is 60.4 Å². The Kier molecular flexibility index (Phi) is 4.93. The number of ketones is 1. The third-order valence-electron chi connectivity index (χ3n) is 2.03. The van der Waals surface area contributed by atoms with Gasteiger partial charge in [0, 0.05) is 19.8 Å². The molecule has 0 N–H and O–H groups in total. The number of hydrogen-bond donors (Lipinski definition) is 0. The largest absolute Gasteiger partial charge is 0.373 e. The molecule has 15 heavy (non-hydrogen) atoms. The zero-order valence-corrected chi connectivity index (χ0v) is 10.8. The Hall–Kier alpha value is -0.420. The van der Waals surface area contributed by atoms with Crippen molar-refractivity contribution < 1.29 is 17.9 Å². The molecule has 1 unspecified atom stereocenters. The summed E-state index contributed by atoms with van der Waals surface area (Å²) in [6, 6.07) is 0. The van der Waals surface area contributed by atoms with Gasteiger partial charge in [0.2, 0.25) is 0 Å². The maximum atomic E-state index is 11.7. The van der Waals surface area contributed by atoms with E-state index in [9.17, 15) is 13.2 Å². The van der Waals surface area contributed by atoms with E-state index in [0.29, 0.717) is 0 Å². The monoisotopic (exact) mass is 236 g/mol. The van der Waals surface area contributed by atoms with Crippen LogP contribution in [0.3, 0.4) is 0 Å². The second-order valence-electron chi connectivity index (χ2n) is 4.83. The van der Waals surface area contributed by atoms with Crippen LogP contribution in [0.4, 0.5) is 0 Å². The third-order valence-corrected chi connectivity index (χ3v) is 2.98. The molecule has 1 atom stereocenters. The van der Waals surface area contributed by atoms with Gasteiger partial charge in [-0.05, 0) is 5.41 Å². The predicted octanol–water partition coefficient (Wildman–Crippen LogP) is 1.05. The third kappa shape index (κ3) is 5.89. The van der Waals surface area contributed by atoms with E-state index >= 15 is 0 Å². The number of Topliss-reactive ketones (excluding diaryl/α,β-unsaturated/α-hetero) is 1. The Morgan fingerprint density at radius 1 is 1.33 bits per heavy atom. The molecule has 0 heterocycles. The van der Waals surface area contributed by atoms with Crippen molar-refractivity contribution in [1.82, 2.24) is 0 Å². The average molecular weight is 236 g/mol. The van der Waals surface area contributed by atoms with Crippen molar-refractivity contribution in [1.29, 1.82) is 0 Å². The normalized spacial score (nSPS) is 15.0. The first-order valence-electron chi connectivity index (χ1n) is 4.81. The molecule has 0 aromatic heterocycles. The average Bonchev–Trinajstić information content (AvgIpc) is 1.98. The van der Waals surface area contributed by atoms with Gasteiger partial charge in [0.25, 0.3) is 0 Å². The van der Waals surface area contributed by atoms with E-state index < -0.39 is 15.9 Å². The first-order chi connectivity index (χ1) is 6.58. The molecule has 4 nitrogen and oxygen atoms in total. The maximum absolute atomic E-state index is 11.7. The molecular weight excluding hydrogens is 216 g/mol. The molecule has 0 spiro atoms. The van der Waals surface area contributed by atoms with Crippen LogP contribution in [0.1, 0.15) is 27.2 Å². The summed E-state index contributed by atoms with van der Waals surface area (Å²) in [5, 5.41) is 0. The summed E-state index contributed by atoms with van der Waals surface area (Å²) in [7, 11) is -1.62. The lowest BCUT2D eigenvalue weighted by Crippen LogP contribution is -2.36. The molecule has 0 saturated heterocycles. The number of ether oxygens (including phenoxy) is 1. The summed E-state index contributed by atoms with van der Waals surface area (Å²) < 4.78 is 26.9. The molecule has 0 radical (unpaired) electrons. The van der Waals surface area contributed by atoms with E-state index in [2.05, 4.69) is 0 Å². The Balaban J connectivity index is 4.44. The number of methoxy groups -OCH3 is 1. The number of hydrogen-bond acceptors (Lipinski definition) is 4. The minimum atomic E-state index is -3.08. The Morgan fingerprint density at radius 2 is 1.80 bits per heavy atom. The number of carbonyl (C=O) groups is 1. The van der Waals surface area contributed by atoms with Crippen molar-refractivity contribution in [3.05, 3.63) is 0 Å². The van der Waals surface area contributed by atoms with Crippen molar-refractivity contribution in [3.63, 3.8) is 0 Å². The first kappa shape index (κ1) is 14.6. The standard InChI is InChI=1S/C10H20O4S/c1-10(2,3)9(14-4)8(11)6-7-15(5,12)13/h9H,6-7H2,1-5H3. The van der Waals surface area contributed by atoms with Gasteiger partial charge >= 0.3 is 0 Å². The molecular formula is C10H20O4S. The zero-order valence-electron chi connectivity index (χ0n) is 10.0. The number of carbonyl (C=O) groups excluding carboxylic acids is 1. The van der Waals surface area contributed by atoms with Crippen molar-refractivity contribution in [2.45, 2.75) is 33.3 Å². The molecule has 0 bridgehead atoms. The Morgan fingerprint density at radius 3 is 2.07 bits per heavy atom. The van der Waals surface area contributed by atoms with Gasteiger partial charge in [0.05, 0.1) is 5.75 Å². The number of sulfone groups is 1. The van der Waals surface area contributed by atoms with Gasteiger partial charge in [-0.3, -0.25) is 4.79 Å². The molecule has 5 heteroatoms. The van der Waals surface area contributed by atoms with Gasteiger partial charge < -0.3 is 4.74 Å². The van der Waals surface area contributed by atoms with Gasteiger partial charge in [-0.15, -0.1) is 0 Å². The van der Waals surface area contributed by atoms with Crippen LogP contribution in [0.25, 0.3) is 0 Å². The molecule has 0 aliphatic carbocycles. The van der Waals surface area contributed by atoms with Crippen LogP contribution in [0, 0.1) is 5.41 Å². The highest BCUT2D eigenvalue weighted by Crippen LogP contribution is 2.23. The molecule has 0 aromatic rings. The van der Waals surface area contributed by atoms with Crippen molar-refractivity contribution in [2.75, 3.05) is 19.1 Å². The van der Waals surface area contributed by atoms with Crippen LogP contribution in [-0.4, -0.2) is 39.4 Å². The second-order valence-corrected chi connectivity index (χ2v) is 7.09. The lowest BCUT2D eigenvalue weighted by Gasteiger charge is -2.27. The maximum Gasteiger partial charge on any atom is 0.163 e. The molecule has 0 aliphatic rings. The highest BCUT2D eigenvalue weighted by atomic mass is 32.2. The molecule has 90 valence electrons. The lowest BCUT2D eigenvalue weighted by molar-refractivity contribution is -0.134. The SMILES string of the molecule is COC(C(=O)CCS(C)(=O)=O)C(C)(C)C. The van der Waals surface area contributed by atoms with E-state index in [1.165, 1.54) is 7.11 Å². The summed E-state index contributed by atoms with van der Waals surface area (Å²) in [5.74, 6) is -0.266. The molecule has 0 amide bonds. The fraction of sp³-hybridized carbons (Fsp3) is 0.900. The van der Waals surface area contributed by atoms with E-state index in [0.717, 1.165) is 6.26 Å². The fourth-order valence-electron chi connectivity index (χ4n) is 1.39. The van der Waals surface area contributed by atoms with Gasteiger partial charge in [0.15, 0.2) is 5.78 Å². The van der Waals surface area contributed by atoms with E-state index in [1.807, 2.05) is 20.8 Å². The van der Waals surface area contributed by atoms with Crippen LogP contribution in [0.2, 0.25) is 0 Å². The zero-order chi connectivity index (χ0) is 12.3. The Labute approximate surface area is 91.9 Å². The summed E-state index contributed by atoms with van der Waals surface area (Å²) in [6.07, 6.45) is 0.604. The summed E-state index contributed by atoms with van der Waals surface area (Å²) in [4.78, 5) is 11.7. The molecule has 0 fully saturated rings. The first-order valence-corrected chi connectivity index (χ1v) is 6.87. The summed E-state index contributed by atoms with van der Waals surface area (Å²) >= 11 is 0. The quantitative estimate of drug-likeness (QED) is 0.716. The van der Waals surface area contributed by atoms with Crippen LogP contribution in [-0.2, 0) is 19.4 Å². The highest BCUT2D eigenvalue weighted by molar-refractivity contribution is 7.90. The van der Waals surface area contributed by atoms with Gasteiger partial charge in [-0.25, -0.2) is 8.42 Å². The lowest BCUT2D eigenvalue weighted by atomic mass is 9.86. The Bertz CT molecular complexity index is 311. The van der Waals surface area contributed by atoms with Gasteiger partial charge in [0.1, 0.15) is 15.9 Å². The molecule has 0 rings (SSSR count). The highest BCUT2D eigenvalue weighted by Gasteiger charge is 2.31. The number of rotatable bonds is 5. The summed E-state index contributed by atoms with van der Waals surface area (Å²) in [5.41, 5.74) is -0.302. The van der Waals surface area contributed by atoms with E-state index in [-0.39, 0.29) is 23.4 Å². The van der Waals surface area contributed by atoms with E-state index in [1.54, 1.807) is 0 Å². The summed E-state index contributed by atoms with van der Waals surface area (Å²) in [6.45, 7) is 5.67. The van der Waals surface area contributed by atoms with Gasteiger partial charge in [-0.1, -0.05) is 20.8 Å². The van der Waals surface area contributed by atoms with Crippen molar-refractivity contribution >= 4 is 15.6 Å². The minimum Gasteiger partial charge on any atom is -0.373 e. The van der Waals surface area contributed by atoms with Crippen LogP contribution >= 0.6 is 0 Å². The predicted molar refractivity (Wildman–Crippen MR) is 59.6 cm³/mol. The minimum absolute atomic E-state index is 0.0224. The second kappa shape index (κ2) is 5.07. The smallest absolute Gasteiger partial charge is 0.163 e. The molecule has 0 saturated carbocycles. The van der Waals surface area contributed by atoms with Crippen molar-refractivity contribution in [3.8, 4) is 0 Å². The fourth-order valence-corrected chi connectivity index (χ4v) is 1.96.